The minimum Gasteiger partial charge on any atom is -0.376 e. The third-order valence-corrected chi connectivity index (χ3v) is 5.00. The van der Waals surface area contributed by atoms with Gasteiger partial charge in [0, 0.05) is 31.7 Å². The van der Waals surface area contributed by atoms with Gasteiger partial charge in [0.2, 0.25) is 0 Å². The van der Waals surface area contributed by atoms with E-state index in [4.69, 9.17) is 21.1 Å². The van der Waals surface area contributed by atoms with E-state index < -0.39 is 5.82 Å². The Labute approximate surface area is 140 Å². The van der Waals surface area contributed by atoms with Gasteiger partial charge >= 0.3 is 0 Å². The summed E-state index contributed by atoms with van der Waals surface area (Å²) in [5.41, 5.74) is 0.267. The van der Waals surface area contributed by atoms with E-state index in [2.05, 4.69) is 0 Å². The predicted octanol–water partition coefficient (Wildman–Crippen LogP) is 3.28. The molecule has 23 heavy (non-hydrogen) atoms. The summed E-state index contributed by atoms with van der Waals surface area (Å²) >= 11 is 5.76. The van der Waals surface area contributed by atoms with E-state index in [1.807, 2.05) is 6.92 Å². The number of hydrogen-bond acceptors (Lipinski definition) is 3. The maximum atomic E-state index is 13.2. The molecule has 0 N–H and O–H groups in total. The van der Waals surface area contributed by atoms with E-state index in [0.717, 1.165) is 19.3 Å². The number of ether oxygens (including phenoxy) is 2. The van der Waals surface area contributed by atoms with Crippen LogP contribution >= 0.6 is 11.6 Å². The normalized spacial score (nSPS) is 23.4. The van der Waals surface area contributed by atoms with Crippen LogP contribution in [0.2, 0.25) is 5.02 Å². The van der Waals surface area contributed by atoms with Crippen molar-refractivity contribution in [1.29, 1.82) is 0 Å². The van der Waals surface area contributed by atoms with E-state index >= 15 is 0 Å². The molecule has 0 aliphatic carbocycles. The molecule has 2 aliphatic heterocycles. The molecule has 3 rings (SSSR count). The Morgan fingerprint density at radius 2 is 2.22 bits per heavy atom. The lowest BCUT2D eigenvalue weighted by Gasteiger charge is -2.38. The number of rotatable bonds is 3. The number of amides is 1. The van der Waals surface area contributed by atoms with Crippen LogP contribution in [-0.4, -0.2) is 48.8 Å². The topological polar surface area (TPSA) is 38.8 Å². The highest BCUT2D eigenvalue weighted by atomic mass is 35.5. The van der Waals surface area contributed by atoms with Crippen LogP contribution in [0.4, 0.5) is 4.39 Å². The van der Waals surface area contributed by atoms with Crippen molar-refractivity contribution in [2.45, 2.75) is 37.9 Å². The van der Waals surface area contributed by atoms with E-state index in [-0.39, 0.29) is 22.6 Å². The lowest BCUT2D eigenvalue weighted by atomic mass is 9.87. The molecule has 0 saturated carbocycles. The average molecular weight is 342 g/mol. The number of carbonyl (C=O) groups is 1. The maximum absolute atomic E-state index is 13.2. The van der Waals surface area contributed by atoms with E-state index in [9.17, 15) is 9.18 Å². The van der Waals surface area contributed by atoms with Crippen molar-refractivity contribution in [2.24, 2.45) is 0 Å². The molecule has 1 atom stereocenters. The summed E-state index contributed by atoms with van der Waals surface area (Å²) in [4.78, 5) is 14.3. The van der Waals surface area contributed by atoms with Gasteiger partial charge in [0.05, 0.1) is 23.3 Å². The van der Waals surface area contributed by atoms with E-state index in [1.165, 1.54) is 18.2 Å². The molecule has 0 bridgehead atoms. The smallest absolute Gasteiger partial charge is 0.253 e. The fourth-order valence-electron chi connectivity index (χ4n) is 3.42. The zero-order valence-corrected chi connectivity index (χ0v) is 13.9. The highest BCUT2D eigenvalue weighted by Crippen LogP contribution is 2.37. The first-order chi connectivity index (χ1) is 11.0. The summed E-state index contributed by atoms with van der Waals surface area (Å²) in [5.74, 6) is -0.622. The Morgan fingerprint density at radius 3 is 2.87 bits per heavy atom. The SMILES string of the molecule is CCO[C@@H]1COC2(CCN(C(=O)c3ccc(F)c(Cl)c3)CC2)C1. The number of hydrogen-bond donors (Lipinski definition) is 0. The zero-order chi connectivity index (χ0) is 16.4. The van der Waals surface area contributed by atoms with E-state index in [0.29, 0.717) is 31.9 Å². The standard InChI is InChI=1S/C17H21ClFNO3/c1-2-22-13-10-17(23-11-13)5-7-20(8-6-17)16(21)12-3-4-15(19)14(18)9-12/h3-4,9,13H,2,5-8,10-11H2,1H3/t13-/m0/s1. The summed E-state index contributed by atoms with van der Waals surface area (Å²) in [7, 11) is 0. The Bertz CT molecular complexity index is 587. The number of carbonyl (C=O) groups excluding carboxylic acids is 1. The minimum atomic E-state index is -0.512. The summed E-state index contributed by atoms with van der Waals surface area (Å²) in [5, 5.41) is -0.0250. The van der Waals surface area contributed by atoms with Crippen molar-refractivity contribution in [1.82, 2.24) is 4.90 Å². The van der Waals surface area contributed by atoms with Crippen molar-refractivity contribution < 1.29 is 18.7 Å². The van der Waals surface area contributed by atoms with Crippen molar-refractivity contribution >= 4 is 17.5 Å². The molecular formula is C17H21ClFNO3. The van der Waals surface area contributed by atoms with Crippen molar-refractivity contribution in [2.75, 3.05) is 26.3 Å². The van der Waals surface area contributed by atoms with Gasteiger partial charge in [0.1, 0.15) is 5.82 Å². The molecule has 1 aromatic rings. The Morgan fingerprint density at radius 1 is 1.48 bits per heavy atom. The monoisotopic (exact) mass is 341 g/mol. The van der Waals surface area contributed by atoms with Crippen LogP contribution in [0.25, 0.3) is 0 Å². The van der Waals surface area contributed by atoms with Gasteiger partial charge in [0.15, 0.2) is 0 Å². The number of piperidine rings is 1. The molecule has 2 heterocycles. The van der Waals surface area contributed by atoms with Gasteiger partial charge < -0.3 is 14.4 Å². The van der Waals surface area contributed by atoms with Gasteiger partial charge in [0.25, 0.3) is 5.91 Å². The third kappa shape index (κ3) is 3.52. The van der Waals surface area contributed by atoms with Crippen LogP contribution in [0.5, 0.6) is 0 Å². The quantitative estimate of drug-likeness (QED) is 0.847. The van der Waals surface area contributed by atoms with Crippen molar-refractivity contribution in [3.05, 3.63) is 34.6 Å². The van der Waals surface area contributed by atoms with Crippen LogP contribution in [0, 0.1) is 5.82 Å². The van der Waals surface area contributed by atoms with Gasteiger partial charge in [-0.15, -0.1) is 0 Å². The molecule has 2 aliphatic rings. The number of halogens is 2. The molecule has 2 saturated heterocycles. The summed E-state index contributed by atoms with van der Waals surface area (Å²) in [6.45, 7) is 4.58. The second-order valence-corrected chi connectivity index (χ2v) is 6.60. The molecule has 0 aromatic heterocycles. The van der Waals surface area contributed by atoms with Crippen LogP contribution in [-0.2, 0) is 9.47 Å². The first-order valence-electron chi connectivity index (χ1n) is 8.03. The first kappa shape index (κ1) is 16.7. The molecule has 126 valence electrons. The highest BCUT2D eigenvalue weighted by molar-refractivity contribution is 6.31. The van der Waals surface area contributed by atoms with Crippen LogP contribution < -0.4 is 0 Å². The number of likely N-dealkylation sites (tertiary alicyclic amines) is 1. The third-order valence-electron chi connectivity index (χ3n) is 4.71. The Kier molecular flexibility index (Phi) is 4.90. The molecular weight excluding hydrogens is 321 g/mol. The van der Waals surface area contributed by atoms with Crippen molar-refractivity contribution in [3.63, 3.8) is 0 Å². The van der Waals surface area contributed by atoms with Gasteiger partial charge in [-0.05, 0) is 38.0 Å². The van der Waals surface area contributed by atoms with Crippen LogP contribution in [0.1, 0.15) is 36.5 Å². The second-order valence-electron chi connectivity index (χ2n) is 6.20. The van der Waals surface area contributed by atoms with Crippen LogP contribution in [0.3, 0.4) is 0 Å². The van der Waals surface area contributed by atoms with Gasteiger partial charge in [-0.2, -0.15) is 0 Å². The predicted molar refractivity (Wildman–Crippen MR) is 85.3 cm³/mol. The molecule has 1 amide bonds. The van der Waals surface area contributed by atoms with Gasteiger partial charge in [-0.1, -0.05) is 11.6 Å². The maximum Gasteiger partial charge on any atom is 0.253 e. The minimum absolute atomic E-state index is 0.0250. The summed E-state index contributed by atoms with van der Waals surface area (Å²) in [6, 6.07) is 4.10. The molecule has 1 spiro atoms. The Hall–Kier alpha value is -1.17. The molecule has 0 unspecified atom stereocenters. The molecule has 4 nitrogen and oxygen atoms in total. The van der Waals surface area contributed by atoms with Gasteiger partial charge in [-0.3, -0.25) is 4.79 Å². The largest absolute Gasteiger partial charge is 0.376 e. The van der Waals surface area contributed by atoms with Gasteiger partial charge in [-0.25, -0.2) is 4.39 Å². The molecule has 1 aromatic carbocycles. The molecule has 0 radical (unpaired) electrons. The zero-order valence-electron chi connectivity index (χ0n) is 13.2. The first-order valence-corrected chi connectivity index (χ1v) is 8.41. The van der Waals surface area contributed by atoms with Crippen molar-refractivity contribution in [3.8, 4) is 0 Å². The number of nitrogens with zero attached hydrogens (tertiary/aromatic N) is 1. The molecule has 2 fully saturated rings. The second kappa shape index (κ2) is 6.75. The van der Waals surface area contributed by atoms with E-state index in [1.54, 1.807) is 4.90 Å². The highest BCUT2D eigenvalue weighted by Gasteiger charge is 2.43. The van der Waals surface area contributed by atoms with Crippen LogP contribution in [0.15, 0.2) is 18.2 Å². The lowest BCUT2D eigenvalue weighted by molar-refractivity contribution is -0.0407. The summed E-state index contributed by atoms with van der Waals surface area (Å²) < 4.78 is 24.8. The Balaban J connectivity index is 1.60. The number of benzene rings is 1. The average Bonchev–Trinajstić information content (AvgIpc) is 2.93. The fourth-order valence-corrected chi connectivity index (χ4v) is 3.60. The lowest BCUT2D eigenvalue weighted by Crippen LogP contribution is -2.46. The molecule has 6 heteroatoms. The summed E-state index contributed by atoms with van der Waals surface area (Å²) in [6.07, 6.45) is 2.66. The fraction of sp³-hybridized carbons (Fsp3) is 0.588.